The molecule has 4 rings (SSSR count). The topological polar surface area (TPSA) is 29.1 Å². The molecule has 2 nitrogen and oxygen atoms in total. The minimum absolute atomic E-state index is 0.0861. The highest BCUT2D eigenvalue weighted by molar-refractivity contribution is 5.67. The van der Waals surface area contributed by atoms with Gasteiger partial charge in [-0.1, -0.05) is 30.4 Å². The van der Waals surface area contributed by atoms with Gasteiger partial charge in [0.25, 0.3) is 0 Å². The third-order valence-electron chi connectivity index (χ3n) is 5.13. The lowest BCUT2D eigenvalue weighted by molar-refractivity contribution is -0.109. The molecule has 0 amide bonds. The molecule has 1 aromatic carbocycles. The number of rotatable bonds is 2. The van der Waals surface area contributed by atoms with Crippen molar-refractivity contribution in [3.63, 3.8) is 0 Å². The van der Waals surface area contributed by atoms with Gasteiger partial charge in [-0.25, -0.2) is 0 Å². The molecular weight excluding hydrogens is 258 g/mol. The lowest BCUT2D eigenvalue weighted by atomic mass is 9.74. The van der Waals surface area contributed by atoms with Crippen LogP contribution in [0.3, 0.4) is 0 Å². The van der Waals surface area contributed by atoms with E-state index in [0.717, 1.165) is 25.5 Å². The van der Waals surface area contributed by atoms with E-state index in [1.807, 2.05) is 18.4 Å². The van der Waals surface area contributed by atoms with Gasteiger partial charge in [0, 0.05) is 23.7 Å². The number of hydrogen-bond donors (Lipinski definition) is 1. The molecule has 0 fully saturated rings. The minimum atomic E-state index is 0.0861. The molecule has 21 heavy (non-hydrogen) atoms. The Morgan fingerprint density at radius 2 is 2.10 bits per heavy atom. The van der Waals surface area contributed by atoms with E-state index in [-0.39, 0.29) is 5.92 Å². The van der Waals surface area contributed by atoms with Crippen molar-refractivity contribution in [3.8, 4) is 0 Å². The van der Waals surface area contributed by atoms with Gasteiger partial charge in [0.15, 0.2) is 0 Å². The maximum atomic E-state index is 11.4. The summed E-state index contributed by atoms with van der Waals surface area (Å²) in [5.74, 6) is 1.07. The Kier molecular flexibility index (Phi) is 3.03. The fraction of sp³-hybridized carbons (Fsp3) is 0.316. The van der Waals surface area contributed by atoms with Crippen molar-refractivity contribution in [2.24, 2.45) is 5.92 Å². The van der Waals surface area contributed by atoms with E-state index >= 15 is 0 Å². The standard InChI is InChI=1S/C19H19NO/c21-12-14-11-17-16(18-7-2-1-3-10-20-18)9-8-13-5-4-6-15(14)19(13)17/h1-7,10,12,14,16-17,20H,8-9,11H2. The lowest BCUT2D eigenvalue weighted by Gasteiger charge is -2.32. The van der Waals surface area contributed by atoms with Crippen LogP contribution in [0.2, 0.25) is 0 Å². The summed E-state index contributed by atoms with van der Waals surface area (Å²) in [6, 6.07) is 6.50. The van der Waals surface area contributed by atoms with E-state index in [4.69, 9.17) is 0 Å². The smallest absolute Gasteiger partial charge is 0.127 e. The van der Waals surface area contributed by atoms with E-state index in [9.17, 15) is 4.79 Å². The van der Waals surface area contributed by atoms with Crippen LogP contribution < -0.4 is 5.32 Å². The van der Waals surface area contributed by atoms with E-state index in [0.29, 0.717) is 11.8 Å². The van der Waals surface area contributed by atoms with Crippen LogP contribution in [0, 0.1) is 5.92 Å². The van der Waals surface area contributed by atoms with Gasteiger partial charge in [0.2, 0.25) is 0 Å². The van der Waals surface area contributed by atoms with E-state index in [1.165, 1.54) is 22.4 Å². The number of nitrogens with one attached hydrogen (secondary N) is 1. The average Bonchev–Trinajstić information content (AvgIpc) is 2.72. The second kappa shape index (κ2) is 5.03. The molecule has 0 aromatic heterocycles. The summed E-state index contributed by atoms with van der Waals surface area (Å²) < 4.78 is 0. The molecule has 3 atom stereocenters. The SMILES string of the molecule is O=CC1CC2c3c(cccc31)CCC2C1=CC=CC=CN1. The van der Waals surface area contributed by atoms with Crippen LogP contribution >= 0.6 is 0 Å². The molecule has 0 bridgehead atoms. The highest BCUT2D eigenvalue weighted by Gasteiger charge is 2.40. The number of allylic oxidation sites excluding steroid dienone is 5. The number of hydrogen-bond acceptors (Lipinski definition) is 2. The van der Waals surface area contributed by atoms with Crippen molar-refractivity contribution in [2.75, 3.05) is 0 Å². The average molecular weight is 277 g/mol. The van der Waals surface area contributed by atoms with Crippen LogP contribution in [0.4, 0.5) is 0 Å². The summed E-state index contributed by atoms with van der Waals surface area (Å²) in [6.07, 6.45) is 14.7. The second-order valence-corrected chi connectivity index (χ2v) is 6.16. The summed E-state index contributed by atoms with van der Waals surface area (Å²) in [5, 5.41) is 3.43. The predicted molar refractivity (Wildman–Crippen MR) is 83.9 cm³/mol. The van der Waals surface area contributed by atoms with Gasteiger partial charge in [-0.05, 0) is 54.0 Å². The first kappa shape index (κ1) is 12.6. The summed E-state index contributed by atoms with van der Waals surface area (Å²) in [6.45, 7) is 0. The number of aldehydes is 1. The van der Waals surface area contributed by atoms with Crippen LogP contribution in [0.5, 0.6) is 0 Å². The Morgan fingerprint density at radius 3 is 3.00 bits per heavy atom. The number of carbonyl (C=O) groups is 1. The van der Waals surface area contributed by atoms with Crippen molar-refractivity contribution < 1.29 is 4.79 Å². The number of benzene rings is 1. The van der Waals surface area contributed by atoms with E-state index in [1.54, 1.807) is 0 Å². The van der Waals surface area contributed by atoms with Crippen LogP contribution in [0.1, 0.15) is 41.4 Å². The van der Waals surface area contributed by atoms with Crippen molar-refractivity contribution in [2.45, 2.75) is 31.1 Å². The first-order valence-corrected chi connectivity index (χ1v) is 7.75. The Labute approximate surface area is 125 Å². The largest absolute Gasteiger partial charge is 0.365 e. The van der Waals surface area contributed by atoms with Gasteiger partial charge in [-0.3, -0.25) is 0 Å². The van der Waals surface area contributed by atoms with Crippen LogP contribution in [0.15, 0.2) is 54.4 Å². The Bertz CT molecular complexity index is 668. The molecule has 2 aliphatic carbocycles. The van der Waals surface area contributed by atoms with Crippen LogP contribution in [-0.2, 0) is 11.2 Å². The first-order chi connectivity index (χ1) is 10.4. The number of aryl methyl sites for hydroxylation is 1. The normalized spacial score (nSPS) is 29.3. The van der Waals surface area contributed by atoms with Crippen LogP contribution in [-0.4, -0.2) is 6.29 Å². The van der Waals surface area contributed by atoms with Crippen molar-refractivity contribution in [1.29, 1.82) is 0 Å². The minimum Gasteiger partial charge on any atom is -0.365 e. The van der Waals surface area contributed by atoms with Gasteiger partial charge in [0.1, 0.15) is 6.29 Å². The lowest BCUT2D eigenvalue weighted by Crippen LogP contribution is -2.25. The summed E-state index contributed by atoms with van der Waals surface area (Å²) in [7, 11) is 0. The zero-order valence-corrected chi connectivity index (χ0v) is 12.0. The summed E-state index contributed by atoms with van der Waals surface area (Å²) in [5.41, 5.74) is 5.48. The molecule has 106 valence electrons. The molecule has 1 heterocycles. The molecular formula is C19H19NO. The monoisotopic (exact) mass is 277 g/mol. The highest BCUT2D eigenvalue weighted by Crippen LogP contribution is 2.51. The van der Waals surface area contributed by atoms with Crippen LogP contribution in [0.25, 0.3) is 0 Å². The molecule has 0 radical (unpaired) electrons. The number of carbonyl (C=O) groups excluding carboxylic acids is 1. The Hall–Kier alpha value is -2.09. The summed E-state index contributed by atoms with van der Waals surface area (Å²) in [4.78, 5) is 11.4. The maximum Gasteiger partial charge on any atom is 0.127 e. The quantitative estimate of drug-likeness (QED) is 0.837. The first-order valence-electron chi connectivity index (χ1n) is 7.75. The fourth-order valence-electron chi connectivity index (χ4n) is 4.23. The molecule has 1 aliphatic heterocycles. The zero-order valence-electron chi connectivity index (χ0n) is 12.0. The van der Waals surface area contributed by atoms with Gasteiger partial charge in [-0.2, -0.15) is 0 Å². The Morgan fingerprint density at radius 1 is 1.14 bits per heavy atom. The molecule has 0 saturated heterocycles. The van der Waals surface area contributed by atoms with Crippen molar-refractivity contribution >= 4 is 6.29 Å². The van der Waals surface area contributed by atoms with Gasteiger partial charge in [0.05, 0.1) is 0 Å². The predicted octanol–water partition coefficient (Wildman–Crippen LogP) is 3.58. The van der Waals surface area contributed by atoms with Crippen molar-refractivity contribution in [3.05, 3.63) is 71.1 Å². The van der Waals surface area contributed by atoms with Gasteiger partial charge >= 0.3 is 0 Å². The third-order valence-corrected chi connectivity index (χ3v) is 5.13. The van der Waals surface area contributed by atoms with E-state index < -0.39 is 0 Å². The molecule has 3 aliphatic rings. The zero-order chi connectivity index (χ0) is 14.2. The fourth-order valence-corrected chi connectivity index (χ4v) is 4.23. The molecule has 1 aromatic rings. The van der Waals surface area contributed by atoms with Gasteiger partial charge in [-0.15, -0.1) is 0 Å². The molecule has 3 unspecified atom stereocenters. The van der Waals surface area contributed by atoms with E-state index in [2.05, 4.69) is 35.7 Å². The Balaban J connectivity index is 1.76. The third kappa shape index (κ3) is 1.98. The highest BCUT2D eigenvalue weighted by atomic mass is 16.1. The maximum absolute atomic E-state index is 11.4. The summed E-state index contributed by atoms with van der Waals surface area (Å²) >= 11 is 0. The molecule has 2 heteroatoms. The van der Waals surface area contributed by atoms with Gasteiger partial charge < -0.3 is 10.1 Å². The molecule has 1 N–H and O–H groups in total. The molecule has 0 saturated carbocycles. The molecule has 0 spiro atoms. The second-order valence-electron chi connectivity index (χ2n) is 6.16. The van der Waals surface area contributed by atoms with Crippen molar-refractivity contribution in [1.82, 2.24) is 5.32 Å².